The van der Waals surface area contributed by atoms with Gasteiger partial charge in [-0.3, -0.25) is 4.79 Å². The lowest BCUT2D eigenvalue weighted by Gasteiger charge is -2.27. The molecule has 11 heteroatoms. The van der Waals surface area contributed by atoms with E-state index in [4.69, 9.17) is 0 Å². The summed E-state index contributed by atoms with van der Waals surface area (Å²) in [5.74, 6) is -14.9. The molecule has 1 amide bonds. The van der Waals surface area contributed by atoms with E-state index in [2.05, 4.69) is 0 Å². The molecule has 0 saturated carbocycles. The van der Waals surface area contributed by atoms with Crippen LogP contribution in [0.1, 0.15) is 6.42 Å². The normalized spacial score (nSPS) is 13.6. The van der Waals surface area contributed by atoms with Crippen LogP contribution in [-0.4, -0.2) is 62.6 Å². The summed E-state index contributed by atoms with van der Waals surface area (Å²) < 4.78 is 86.7. The van der Waals surface area contributed by atoms with Gasteiger partial charge in [-0.1, -0.05) is 0 Å². The van der Waals surface area contributed by atoms with Crippen LogP contribution in [0.25, 0.3) is 0 Å². The Hall–Kier alpha value is -0.770. The molecule has 3 nitrogen and oxygen atoms in total. The van der Waals surface area contributed by atoms with E-state index in [1.165, 1.54) is 5.32 Å². The third kappa shape index (κ3) is 5.85. The van der Waals surface area contributed by atoms with Crippen molar-refractivity contribution in [1.29, 1.82) is 0 Å². The minimum atomic E-state index is -6.50. The van der Waals surface area contributed by atoms with Crippen molar-refractivity contribution in [1.82, 2.24) is 5.32 Å². The lowest BCUT2D eigenvalue weighted by Crippen LogP contribution is -3.00. The predicted molar refractivity (Wildman–Crippen MR) is 56.5 cm³/mol. The molecule has 21 heavy (non-hydrogen) atoms. The molecule has 0 aromatic heterocycles. The lowest BCUT2D eigenvalue weighted by atomic mass is 10.1. The van der Waals surface area contributed by atoms with Crippen molar-refractivity contribution >= 4 is 5.91 Å². The number of nitrogens with one attached hydrogen (secondary N) is 1. The standard InChI is InChI=1S/C10H15F7N2O.ClH/c1-19(2,3)6-4-5-18-7(20)8(11,12)9(13,14)10(15,16)17;/h4-6H2,1-3H3;1H. The SMILES string of the molecule is C[N+](C)(C)CCCNC(=O)C(F)(F)C(F)(F)C(F)(F)F.[Cl-]. The van der Waals surface area contributed by atoms with Crippen molar-refractivity contribution in [3.8, 4) is 0 Å². The van der Waals surface area contributed by atoms with E-state index in [0.29, 0.717) is 11.0 Å². The third-order valence-electron chi connectivity index (χ3n) is 2.33. The molecule has 0 aromatic carbocycles. The summed E-state index contributed by atoms with van der Waals surface area (Å²) >= 11 is 0. The summed E-state index contributed by atoms with van der Waals surface area (Å²) in [6, 6.07) is 0. The molecule has 0 aliphatic heterocycles. The van der Waals surface area contributed by atoms with Crippen LogP contribution in [0, 0.1) is 0 Å². The summed E-state index contributed by atoms with van der Waals surface area (Å²) in [5, 5.41) is 1.39. The minimum absolute atomic E-state index is 0. The van der Waals surface area contributed by atoms with Gasteiger partial charge in [0.2, 0.25) is 0 Å². The molecule has 0 unspecified atom stereocenters. The van der Waals surface area contributed by atoms with Crippen LogP contribution in [0.5, 0.6) is 0 Å². The number of carbonyl (C=O) groups is 1. The minimum Gasteiger partial charge on any atom is -1.00 e. The third-order valence-corrected chi connectivity index (χ3v) is 2.33. The molecule has 0 atom stereocenters. The van der Waals surface area contributed by atoms with Crippen LogP contribution in [0.3, 0.4) is 0 Å². The van der Waals surface area contributed by atoms with Gasteiger partial charge in [-0.15, -0.1) is 0 Å². The average Bonchev–Trinajstić information content (AvgIpc) is 2.20. The molecule has 0 radical (unpaired) electrons. The summed E-state index contributed by atoms with van der Waals surface area (Å²) in [6.07, 6.45) is -6.35. The Balaban J connectivity index is 0. The van der Waals surface area contributed by atoms with Gasteiger partial charge >= 0.3 is 18.0 Å². The summed E-state index contributed by atoms with van der Waals surface area (Å²) in [7, 11) is 5.27. The fraction of sp³-hybridized carbons (Fsp3) is 0.900. The first-order chi connectivity index (χ1) is 8.63. The van der Waals surface area contributed by atoms with Crippen molar-refractivity contribution in [2.45, 2.75) is 24.4 Å². The number of nitrogens with zero attached hydrogens (tertiary/aromatic N) is 1. The monoisotopic (exact) mass is 348 g/mol. The zero-order chi connectivity index (χ0) is 16.4. The Labute approximate surface area is 123 Å². The van der Waals surface area contributed by atoms with Gasteiger partial charge in [-0.2, -0.15) is 30.7 Å². The summed E-state index contributed by atoms with van der Waals surface area (Å²) in [5.41, 5.74) is 0. The van der Waals surface area contributed by atoms with E-state index in [1.807, 2.05) is 0 Å². The molecule has 0 heterocycles. The van der Waals surface area contributed by atoms with Gasteiger partial charge in [0.15, 0.2) is 0 Å². The second kappa shape index (κ2) is 6.99. The molecule has 0 aliphatic carbocycles. The van der Waals surface area contributed by atoms with E-state index in [1.54, 1.807) is 21.1 Å². The van der Waals surface area contributed by atoms with Gasteiger partial charge in [0.1, 0.15) is 0 Å². The van der Waals surface area contributed by atoms with Crippen molar-refractivity contribution in [2.75, 3.05) is 34.2 Å². The Morgan fingerprint density at radius 3 is 1.76 bits per heavy atom. The fourth-order valence-corrected chi connectivity index (χ4v) is 1.19. The Bertz CT molecular complexity index is 352. The maximum atomic E-state index is 12.9. The lowest BCUT2D eigenvalue weighted by molar-refractivity contribution is -0.870. The van der Waals surface area contributed by atoms with E-state index < -0.39 is 30.5 Å². The zero-order valence-electron chi connectivity index (χ0n) is 11.5. The molecular formula is C10H16ClF7N2O. The summed E-state index contributed by atoms with van der Waals surface area (Å²) in [4.78, 5) is 10.8. The number of quaternary nitrogens is 1. The topological polar surface area (TPSA) is 29.1 Å². The van der Waals surface area contributed by atoms with Gasteiger partial charge < -0.3 is 22.2 Å². The highest BCUT2D eigenvalue weighted by Crippen LogP contribution is 2.46. The van der Waals surface area contributed by atoms with Gasteiger partial charge in [0, 0.05) is 13.0 Å². The first-order valence-corrected chi connectivity index (χ1v) is 5.54. The fourth-order valence-electron chi connectivity index (χ4n) is 1.19. The van der Waals surface area contributed by atoms with Gasteiger partial charge in [-0.25, -0.2) is 0 Å². The number of rotatable bonds is 6. The van der Waals surface area contributed by atoms with Gasteiger partial charge in [0.05, 0.1) is 27.7 Å². The van der Waals surface area contributed by atoms with Crippen molar-refractivity contribution in [3.05, 3.63) is 0 Å². The molecule has 0 spiro atoms. The number of halogens is 8. The van der Waals surface area contributed by atoms with Crippen LogP contribution < -0.4 is 17.7 Å². The molecule has 0 saturated heterocycles. The number of carbonyl (C=O) groups excluding carboxylic acids is 1. The Morgan fingerprint density at radius 1 is 1.00 bits per heavy atom. The second-order valence-corrected chi connectivity index (χ2v) is 5.27. The van der Waals surface area contributed by atoms with Gasteiger partial charge in [-0.05, 0) is 0 Å². The molecule has 0 fully saturated rings. The first kappa shape index (κ1) is 22.5. The summed E-state index contributed by atoms with van der Waals surface area (Å²) in [6.45, 7) is -0.000600. The van der Waals surface area contributed by atoms with Crippen molar-refractivity contribution in [2.24, 2.45) is 0 Å². The highest BCUT2D eigenvalue weighted by Gasteiger charge is 2.76. The maximum Gasteiger partial charge on any atom is 0.460 e. The Kier molecular flexibility index (Phi) is 7.50. The molecule has 0 bridgehead atoms. The molecule has 0 aliphatic rings. The first-order valence-electron chi connectivity index (χ1n) is 5.54. The molecule has 0 aromatic rings. The van der Waals surface area contributed by atoms with E-state index >= 15 is 0 Å². The maximum absolute atomic E-state index is 12.9. The van der Waals surface area contributed by atoms with Gasteiger partial charge in [0.25, 0.3) is 5.91 Å². The molecular weight excluding hydrogens is 333 g/mol. The van der Waals surface area contributed by atoms with E-state index in [-0.39, 0.29) is 18.8 Å². The Morgan fingerprint density at radius 2 is 1.43 bits per heavy atom. The van der Waals surface area contributed by atoms with Crippen LogP contribution >= 0.6 is 0 Å². The number of alkyl halides is 7. The number of hydrogen-bond acceptors (Lipinski definition) is 1. The van der Waals surface area contributed by atoms with Crippen molar-refractivity contribution < 1.29 is 52.4 Å². The largest absolute Gasteiger partial charge is 1.00 e. The number of hydrogen-bond donors (Lipinski definition) is 1. The smallest absolute Gasteiger partial charge is 0.460 e. The van der Waals surface area contributed by atoms with E-state index in [9.17, 15) is 35.5 Å². The van der Waals surface area contributed by atoms with Crippen LogP contribution in [-0.2, 0) is 4.79 Å². The van der Waals surface area contributed by atoms with Crippen LogP contribution in [0.4, 0.5) is 30.7 Å². The molecule has 0 rings (SSSR count). The predicted octanol–water partition coefficient (Wildman–Crippen LogP) is -0.964. The number of amides is 1. The van der Waals surface area contributed by atoms with Crippen LogP contribution in [0.2, 0.25) is 0 Å². The van der Waals surface area contributed by atoms with E-state index in [0.717, 1.165) is 0 Å². The van der Waals surface area contributed by atoms with Crippen LogP contribution in [0.15, 0.2) is 0 Å². The highest BCUT2D eigenvalue weighted by molar-refractivity contribution is 5.84. The highest BCUT2D eigenvalue weighted by atomic mass is 35.5. The average molecular weight is 349 g/mol. The second-order valence-electron chi connectivity index (χ2n) is 5.27. The molecule has 1 N–H and O–H groups in total. The zero-order valence-corrected chi connectivity index (χ0v) is 12.3. The quantitative estimate of drug-likeness (QED) is 0.374. The molecule has 128 valence electrons. The van der Waals surface area contributed by atoms with Crippen molar-refractivity contribution in [3.63, 3.8) is 0 Å².